The fourth-order valence-corrected chi connectivity index (χ4v) is 3.51. The van der Waals surface area contributed by atoms with Crippen LogP contribution in [0.5, 0.6) is 0 Å². The molecule has 4 heteroatoms. The van der Waals surface area contributed by atoms with Gasteiger partial charge >= 0.3 is 0 Å². The molecular formula is C13H21N3S. The van der Waals surface area contributed by atoms with Crippen molar-refractivity contribution < 1.29 is 0 Å². The number of hydrogen-bond acceptors (Lipinski definition) is 4. The van der Waals surface area contributed by atoms with Crippen molar-refractivity contribution in [1.29, 1.82) is 0 Å². The minimum atomic E-state index is 0.533. The number of aryl methyl sites for hydroxylation is 2. The lowest BCUT2D eigenvalue weighted by molar-refractivity contribution is 0.738. The minimum absolute atomic E-state index is 0.533. The van der Waals surface area contributed by atoms with Crippen LogP contribution in [0.2, 0.25) is 0 Å². The van der Waals surface area contributed by atoms with Crippen LogP contribution in [0.4, 0.5) is 0 Å². The van der Waals surface area contributed by atoms with E-state index in [-0.39, 0.29) is 0 Å². The molecule has 0 bridgehead atoms. The van der Waals surface area contributed by atoms with Gasteiger partial charge in [-0.15, -0.1) is 0 Å². The van der Waals surface area contributed by atoms with E-state index < -0.39 is 0 Å². The molecule has 1 fully saturated rings. The molecule has 1 aliphatic rings. The fourth-order valence-electron chi connectivity index (χ4n) is 2.30. The standard InChI is InChI=1S/C13H21N3S/c1-9-11(6-7-14-3)10(2)16-13(15-9)12-5-4-8-17-12/h12,14H,4-8H2,1-3H3. The third kappa shape index (κ3) is 2.99. The highest BCUT2D eigenvalue weighted by molar-refractivity contribution is 7.99. The molecule has 1 N–H and O–H groups in total. The van der Waals surface area contributed by atoms with Crippen LogP contribution >= 0.6 is 11.8 Å². The normalized spacial score (nSPS) is 19.8. The Morgan fingerprint density at radius 2 is 2.00 bits per heavy atom. The Balaban J connectivity index is 2.21. The summed E-state index contributed by atoms with van der Waals surface area (Å²) in [5, 5.41) is 3.71. The van der Waals surface area contributed by atoms with Crippen molar-refractivity contribution in [3.63, 3.8) is 0 Å². The van der Waals surface area contributed by atoms with Crippen LogP contribution < -0.4 is 5.32 Å². The monoisotopic (exact) mass is 251 g/mol. The van der Waals surface area contributed by atoms with Crippen LogP contribution in [0.1, 0.15) is 40.9 Å². The first-order chi connectivity index (χ1) is 8.22. The van der Waals surface area contributed by atoms with Crippen LogP contribution in [0.25, 0.3) is 0 Å². The molecule has 0 spiro atoms. The lowest BCUT2D eigenvalue weighted by atomic mass is 10.1. The molecule has 0 radical (unpaired) electrons. The maximum Gasteiger partial charge on any atom is 0.141 e. The van der Waals surface area contributed by atoms with Crippen molar-refractivity contribution in [1.82, 2.24) is 15.3 Å². The summed E-state index contributed by atoms with van der Waals surface area (Å²) in [6, 6.07) is 0. The average Bonchev–Trinajstić information content (AvgIpc) is 2.81. The molecule has 3 nitrogen and oxygen atoms in total. The zero-order valence-corrected chi connectivity index (χ0v) is 11.7. The SMILES string of the molecule is CNCCc1c(C)nc(C2CCCS2)nc1C. The van der Waals surface area contributed by atoms with Gasteiger partial charge in [0.1, 0.15) is 5.82 Å². The highest BCUT2D eigenvalue weighted by Crippen LogP contribution is 2.38. The highest BCUT2D eigenvalue weighted by Gasteiger charge is 2.21. The maximum atomic E-state index is 4.71. The van der Waals surface area contributed by atoms with Gasteiger partial charge < -0.3 is 5.32 Å². The molecule has 1 aromatic heterocycles. The molecule has 94 valence electrons. The van der Waals surface area contributed by atoms with Crippen molar-refractivity contribution in [2.24, 2.45) is 0 Å². The Bertz CT molecular complexity index is 363. The van der Waals surface area contributed by atoms with Gasteiger partial charge in [0.25, 0.3) is 0 Å². The minimum Gasteiger partial charge on any atom is -0.319 e. The van der Waals surface area contributed by atoms with E-state index in [2.05, 4.69) is 19.2 Å². The molecular weight excluding hydrogens is 230 g/mol. The number of rotatable bonds is 4. The summed E-state index contributed by atoms with van der Waals surface area (Å²) in [6.45, 7) is 5.22. The third-order valence-corrected chi connectivity index (χ3v) is 4.65. The second kappa shape index (κ2) is 5.83. The Hall–Kier alpha value is -0.610. The van der Waals surface area contributed by atoms with Crippen molar-refractivity contribution in [2.75, 3.05) is 19.3 Å². The van der Waals surface area contributed by atoms with Crippen LogP contribution in [-0.4, -0.2) is 29.3 Å². The van der Waals surface area contributed by atoms with Gasteiger partial charge in [0.2, 0.25) is 0 Å². The first-order valence-electron chi connectivity index (χ1n) is 6.32. The summed E-state index contributed by atoms with van der Waals surface area (Å²) >= 11 is 2.00. The predicted octanol–water partition coefficient (Wildman–Crippen LogP) is 2.42. The lowest BCUT2D eigenvalue weighted by Gasteiger charge is -2.13. The van der Waals surface area contributed by atoms with E-state index in [9.17, 15) is 0 Å². The lowest BCUT2D eigenvalue weighted by Crippen LogP contribution is -2.14. The highest BCUT2D eigenvalue weighted by atomic mass is 32.2. The molecule has 1 aliphatic heterocycles. The van der Waals surface area contributed by atoms with E-state index in [0.29, 0.717) is 5.25 Å². The summed E-state index contributed by atoms with van der Waals surface area (Å²) in [6.07, 6.45) is 3.56. The summed E-state index contributed by atoms with van der Waals surface area (Å²) < 4.78 is 0. The second-order valence-electron chi connectivity index (χ2n) is 4.59. The van der Waals surface area contributed by atoms with E-state index >= 15 is 0 Å². The maximum absolute atomic E-state index is 4.71. The summed E-state index contributed by atoms with van der Waals surface area (Å²) in [5.74, 6) is 2.31. The van der Waals surface area contributed by atoms with Crippen molar-refractivity contribution in [2.45, 2.75) is 38.4 Å². The van der Waals surface area contributed by atoms with Crippen molar-refractivity contribution in [3.05, 3.63) is 22.8 Å². The van der Waals surface area contributed by atoms with Crippen LogP contribution in [0.3, 0.4) is 0 Å². The van der Waals surface area contributed by atoms with Gasteiger partial charge in [0.05, 0.1) is 5.25 Å². The average molecular weight is 251 g/mol. The van der Waals surface area contributed by atoms with Gasteiger partial charge in [-0.1, -0.05) is 0 Å². The number of nitrogens with one attached hydrogen (secondary N) is 1. The van der Waals surface area contributed by atoms with Crippen LogP contribution in [0.15, 0.2) is 0 Å². The molecule has 1 aromatic rings. The quantitative estimate of drug-likeness (QED) is 0.892. The Kier molecular flexibility index (Phi) is 4.40. The van der Waals surface area contributed by atoms with Gasteiger partial charge in [-0.2, -0.15) is 11.8 Å². The molecule has 1 atom stereocenters. The molecule has 1 unspecified atom stereocenters. The molecule has 0 aromatic carbocycles. The summed E-state index contributed by atoms with van der Waals surface area (Å²) in [4.78, 5) is 9.42. The van der Waals surface area contributed by atoms with Gasteiger partial charge in [-0.3, -0.25) is 0 Å². The van der Waals surface area contributed by atoms with Gasteiger partial charge in [0, 0.05) is 11.4 Å². The molecule has 2 heterocycles. The Labute approximate surface area is 108 Å². The number of hydrogen-bond donors (Lipinski definition) is 1. The molecule has 0 aliphatic carbocycles. The van der Waals surface area contributed by atoms with Crippen LogP contribution in [0, 0.1) is 13.8 Å². The molecule has 17 heavy (non-hydrogen) atoms. The van der Waals surface area contributed by atoms with E-state index in [1.165, 1.54) is 24.2 Å². The van der Waals surface area contributed by atoms with Gasteiger partial charge in [-0.25, -0.2) is 9.97 Å². The second-order valence-corrected chi connectivity index (χ2v) is 5.90. The third-order valence-electron chi connectivity index (χ3n) is 3.28. The zero-order valence-electron chi connectivity index (χ0n) is 10.9. The number of aromatic nitrogens is 2. The topological polar surface area (TPSA) is 37.8 Å². The summed E-state index contributed by atoms with van der Waals surface area (Å²) in [5.41, 5.74) is 3.64. The van der Waals surface area contributed by atoms with Crippen molar-refractivity contribution in [3.8, 4) is 0 Å². The molecule has 0 saturated carbocycles. The van der Waals surface area contributed by atoms with Gasteiger partial charge in [0.15, 0.2) is 0 Å². The smallest absolute Gasteiger partial charge is 0.141 e. The van der Waals surface area contributed by atoms with Crippen molar-refractivity contribution >= 4 is 11.8 Å². The number of nitrogens with zero attached hydrogens (tertiary/aromatic N) is 2. The van der Waals surface area contributed by atoms with E-state index in [1.807, 2.05) is 18.8 Å². The molecule has 0 amide bonds. The molecule has 1 saturated heterocycles. The first kappa shape index (κ1) is 12.8. The fraction of sp³-hybridized carbons (Fsp3) is 0.692. The first-order valence-corrected chi connectivity index (χ1v) is 7.37. The van der Waals surface area contributed by atoms with E-state index in [0.717, 1.165) is 30.2 Å². The number of thioether (sulfide) groups is 1. The largest absolute Gasteiger partial charge is 0.319 e. The van der Waals surface area contributed by atoms with E-state index in [4.69, 9.17) is 9.97 Å². The van der Waals surface area contributed by atoms with E-state index in [1.54, 1.807) is 0 Å². The van der Waals surface area contributed by atoms with Crippen LogP contribution in [-0.2, 0) is 6.42 Å². The Morgan fingerprint density at radius 1 is 1.29 bits per heavy atom. The Morgan fingerprint density at radius 3 is 2.53 bits per heavy atom. The zero-order chi connectivity index (χ0) is 12.3. The van der Waals surface area contributed by atoms with Gasteiger partial charge in [-0.05, 0) is 58.0 Å². The molecule has 2 rings (SSSR count). The number of likely N-dealkylation sites (N-methyl/N-ethyl adjacent to an activating group) is 1. The predicted molar refractivity (Wildman–Crippen MR) is 73.6 cm³/mol. The summed E-state index contributed by atoms with van der Waals surface area (Å²) in [7, 11) is 1.98.